The molecule has 1 aliphatic rings. The first-order valence-corrected chi connectivity index (χ1v) is 4.95. The number of carbonyl (C=O) groups is 1. The summed E-state index contributed by atoms with van der Waals surface area (Å²) >= 11 is 5.90. The molecule has 0 bridgehead atoms. The number of dihydropyridines is 1. The van der Waals surface area contributed by atoms with Crippen molar-refractivity contribution in [1.29, 1.82) is 0 Å². The minimum Gasteiger partial charge on any atom is -0.463 e. The van der Waals surface area contributed by atoms with Crippen molar-refractivity contribution in [2.45, 2.75) is 26.4 Å². The number of hydrogen-bond acceptors (Lipinski definition) is 3. The Morgan fingerprint density at radius 3 is 3.00 bits per heavy atom. The molecule has 1 N–H and O–H groups in total. The van der Waals surface area contributed by atoms with E-state index in [0.29, 0.717) is 11.5 Å². The predicted molar refractivity (Wildman–Crippen MR) is 55.5 cm³/mol. The van der Waals surface area contributed by atoms with E-state index in [1.54, 1.807) is 12.4 Å². The first-order valence-electron chi connectivity index (χ1n) is 4.57. The largest absolute Gasteiger partial charge is 0.463 e. The summed E-state index contributed by atoms with van der Waals surface area (Å²) in [6.07, 6.45) is 5.51. The normalized spacial score (nSPS) is 20.3. The number of halogens is 1. The number of allylic oxidation sites excluding steroid dienone is 2. The van der Waals surface area contributed by atoms with Gasteiger partial charge in [0.2, 0.25) is 0 Å². The molecule has 0 radical (unpaired) electrons. The Kier molecular flexibility index (Phi) is 4.01. The van der Waals surface area contributed by atoms with Crippen molar-refractivity contribution in [2.75, 3.05) is 0 Å². The van der Waals surface area contributed by atoms with Gasteiger partial charge in [0.25, 0.3) is 0 Å². The Balaban J connectivity index is 2.43. The standard InChI is InChI=1S/C10H14ClNO2/c1-7(2)14-10(13)5-8-3-4-12-6-9(8)11/h3-4,6-8,12H,5H2,1-2H3/t8-/m0/s1. The van der Waals surface area contributed by atoms with Crippen LogP contribution in [-0.4, -0.2) is 12.1 Å². The molecule has 1 heterocycles. The molecule has 0 spiro atoms. The number of ether oxygens (including phenoxy) is 1. The highest BCUT2D eigenvalue weighted by molar-refractivity contribution is 6.30. The minimum absolute atomic E-state index is 0.0517. The summed E-state index contributed by atoms with van der Waals surface area (Å²) in [6.45, 7) is 3.65. The maximum absolute atomic E-state index is 11.3. The number of esters is 1. The molecule has 0 amide bonds. The van der Waals surface area contributed by atoms with Crippen LogP contribution < -0.4 is 5.32 Å². The van der Waals surface area contributed by atoms with Crippen molar-refractivity contribution in [3.05, 3.63) is 23.5 Å². The number of carbonyl (C=O) groups excluding carboxylic acids is 1. The lowest BCUT2D eigenvalue weighted by atomic mass is 10.0. The molecule has 78 valence electrons. The van der Waals surface area contributed by atoms with E-state index < -0.39 is 0 Å². The lowest BCUT2D eigenvalue weighted by Gasteiger charge is -2.15. The maximum Gasteiger partial charge on any atom is 0.307 e. The van der Waals surface area contributed by atoms with Gasteiger partial charge < -0.3 is 10.1 Å². The van der Waals surface area contributed by atoms with Gasteiger partial charge in [0.15, 0.2) is 0 Å². The van der Waals surface area contributed by atoms with Gasteiger partial charge in [-0.1, -0.05) is 17.7 Å². The van der Waals surface area contributed by atoms with Gasteiger partial charge in [-0.05, 0) is 20.0 Å². The second kappa shape index (κ2) is 5.05. The fourth-order valence-electron chi connectivity index (χ4n) is 1.15. The molecule has 4 heteroatoms. The molecule has 0 unspecified atom stereocenters. The van der Waals surface area contributed by atoms with Gasteiger partial charge >= 0.3 is 5.97 Å². The number of rotatable bonds is 3. The van der Waals surface area contributed by atoms with E-state index in [0.717, 1.165) is 0 Å². The molecule has 0 saturated heterocycles. The van der Waals surface area contributed by atoms with Crippen molar-refractivity contribution >= 4 is 17.6 Å². The van der Waals surface area contributed by atoms with Gasteiger partial charge in [-0.25, -0.2) is 0 Å². The molecule has 1 atom stereocenters. The molecule has 0 aromatic rings. The predicted octanol–water partition coefficient (Wildman–Crippen LogP) is 2.14. The van der Waals surface area contributed by atoms with Crippen LogP contribution >= 0.6 is 11.6 Å². The van der Waals surface area contributed by atoms with Gasteiger partial charge in [-0.2, -0.15) is 0 Å². The monoisotopic (exact) mass is 215 g/mol. The summed E-state index contributed by atoms with van der Waals surface area (Å²) < 4.78 is 5.02. The highest BCUT2D eigenvalue weighted by atomic mass is 35.5. The van der Waals surface area contributed by atoms with Crippen LogP contribution in [0, 0.1) is 5.92 Å². The lowest BCUT2D eigenvalue weighted by molar-refractivity contribution is -0.147. The molecule has 0 fully saturated rings. The number of nitrogens with one attached hydrogen (secondary N) is 1. The van der Waals surface area contributed by atoms with E-state index in [1.807, 2.05) is 19.9 Å². The number of hydrogen-bond donors (Lipinski definition) is 1. The topological polar surface area (TPSA) is 38.3 Å². The van der Waals surface area contributed by atoms with E-state index in [2.05, 4.69) is 5.32 Å². The summed E-state index contributed by atoms with van der Waals surface area (Å²) in [5, 5.41) is 3.48. The fourth-order valence-corrected chi connectivity index (χ4v) is 1.37. The molecule has 0 aliphatic carbocycles. The Labute approximate surface area is 88.8 Å². The molecular formula is C10H14ClNO2. The van der Waals surface area contributed by atoms with Crippen LogP contribution in [0.4, 0.5) is 0 Å². The molecule has 1 rings (SSSR count). The molecule has 1 aliphatic heterocycles. The van der Waals surface area contributed by atoms with Crippen LogP contribution in [0.15, 0.2) is 23.5 Å². The average Bonchev–Trinajstić information content (AvgIpc) is 2.07. The lowest BCUT2D eigenvalue weighted by Crippen LogP contribution is -2.17. The third-order valence-electron chi connectivity index (χ3n) is 1.75. The van der Waals surface area contributed by atoms with E-state index in [-0.39, 0.29) is 18.0 Å². The molecule has 3 nitrogen and oxygen atoms in total. The third-order valence-corrected chi connectivity index (χ3v) is 2.14. The Hall–Kier alpha value is -0.960. The minimum atomic E-state index is -0.219. The van der Waals surface area contributed by atoms with Gasteiger partial charge in [0.1, 0.15) is 0 Å². The Morgan fingerprint density at radius 1 is 1.71 bits per heavy atom. The summed E-state index contributed by atoms with van der Waals surface area (Å²) in [4.78, 5) is 11.3. The SMILES string of the molecule is CC(C)OC(=O)C[C@@H]1C=CNC=C1Cl. The van der Waals surface area contributed by atoms with Gasteiger partial charge in [0.05, 0.1) is 12.5 Å². The van der Waals surface area contributed by atoms with Crippen LogP contribution in [0.5, 0.6) is 0 Å². The maximum atomic E-state index is 11.3. The van der Waals surface area contributed by atoms with E-state index >= 15 is 0 Å². The Morgan fingerprint density at radius 2 is 2.43 bits per heavy atom. The zero-order chi connectivity index (χ0) is 10.6. The molecule has 0 aromatic heterocycles. The highest BCUT2D eigenvalue weighted by Gasteiger charge is 2.17. The fraction of sp³-hybridized carbons (Fsp3) is 0.500. The second-order valence-corrected chi connectivity index (χ2v) is 3.84. The van der Waals surface area contributed by atoms with Crippen molar-refractivity contribution in [3.63, 3.8) is 0 Å². The van der Waals surface area contributed by atoms with Crippen LogP contribution in [0.2, 0.25) is 0 Å². The Bertz CT molecular complexity index is 271. The highest BCUT2D eigenvalue weighted by Crippen LogP contribution is 2.22. The van der Waals surface area contributed by atoms with Gasteiger partial charge in [0, 0.05) is 17.2 Å². The second-order valence-electron chi connectivity index (χ2n) is 3.40. The van der Waals surface area contributed by atoms with E-state index in [9.17, 15) is 4.79 Å². The van der Waals surface area contributed by atoms with Crippen LogP contribution in [-0.2, 0) is 9.53 Å². The smallest absolute Gasteiger partial charge is 0.307 e. The zero-order valence-corrected chi connectivity index (χ0v) is 9.04. The molecular weight excluding hydrogens is 202 g/mol. The summed E-state index contributed by atoms with van der Waals surface area (Å²) in [5.74, 6) is -0.271. The van der Waals surface area contributed by atoms with Crippen molar-refractivity contribution in [3.8, 4) is 0 Å². The van der Waals surface area contributed by atoms with Crippen LogP contribution in [0.3, 0.4) is 0 Å². The summed E-state index contributed by atoms with van der Waals surface area (Å²) in [5.41, 5.74) is 0. The molecule has 0 aromatic carbocycles. The van der Waals surface area contributed by atoms with E-state index in [4.69, 9.17) is 16.3 Å². The van der Waals surface area contributed by atoms with Crippen LogP contribution in [0.1, 0.15) is 20.3 Å². The van der Waals surface area contributed by atoms with Gasteiger partial charge in [-0.3, -0.25) is 4.79 Å². The van der Waals surface area contributed by atoms with E-state index in [1.165, 1.54) is 0 Å². The first kappa shape index (κ1) is 11.1. The van der Waals surface area contributed by atoms with Gasteiger partial charge in [-0.15, -0.1) is 0 Å². The molecule has 0 saturated carbocycles. The zero-order valence-electron chi connectivity index (χ0n) is 8.29. The van der Waals surface area contributed by atoms with Crippen molar-refractivity contribution < 1.29 is 9.53 Å². The molecule has 14 heavy (non-hydrogen) atoms. The van der Waals surface area contributed by atoms with Crippen molar-refractivity contribution in [1.82, 2.24) is 5.32 Å². The third kappa shape index (κ3) is 3.42. The van der Waals surface area contributed by atoms with Crippen molar-refractivity contribution in [2.24, 2.45) is 5.92 Å². The first-order chi connectivity index (χ1) is 6.59. The average molecular weight is 216 g/mol. The summed E-state index contributed by atoms with van der Waals surface area (Å²) in [6, 6.07) is 0. The van der Waals surface area contributed by atoms with Crippen LogP contribution in [0.25, 0.3) is 0 Å². The summed E-state index contributed by atoms with van der Waals surface area (Å²) in [7, 11) is 0. The quantitative estimate of drug-likeness (QED) is 0.734.